The van der Waals surface area contributed by atoms with Crippen LogP contribution in [0.4, 0.5) is 15.8 Å². The Morgan fingerprint density at radius 2 is 2.00 bits per heavy atom. The van der Waals surface area contributed by atoms with E-state index in [2.05, 4.69) is 9.98 Å². The summed E-state index contributed by atoms with van der Waals surface area (Å²) >= 11 is 16.8. The summed E-state index contributed by atoms with van der Waals surface area (Å²) in [5, 5.41) is 0.541. The maximum atomic E-state index is 13.1. The van der Waals surface area contributed by atoms with Gasteiger partial charge in [-0.15, -0.1) is 0 Å². The minimum absolute atomic E-state index is 0.229. The van der Waals surface area contributed by atoms with Crippen molar-refractivity contribution in [3.05, 3.63) is 30.2 Å². The molecule has 0 fully saturated rings. The lowest BCUT2D eigenvalue weighted by molar-refractivity contribution is 0.629. The van der Waals surface area contributed by atoms with Crippen molar-refractivity contribution in [2.45, 2.75) is 3.79 Å². The summed E-state index contributed by atoms with van der Waals surface area (Å²) in [5.74, 6) is -0.635. The zero-order valence-corrected chi connectivity index (χ0v) is 11.6. The van der Waals surface area contributed by atoms with Gasteiger partial charge in [-0.1, -0.05) is 34.8 Å². The van der Waals surface area contributed by atoms with Gasteiger partial charge in [-0.05, 0) is 12.1 Å². The van der Waals surface area contributed by atoms with E-state index in [4.69, 9.17) is 46.3 Å². The Kier molecular flexibility index (Phi) is 3.71. The Hall–Kier alpha value is -1.30. The third-order valence-corrected chi connectivity index (χ3v) is 2.96. The predicted octanol–water partition coefficient (Wildman–Crippen LogP) is 3.32. The van der Waals surface area contributed by atoms with Crippen LogP contribution in [0.2, 0.25) is 0 Å². The van der Waals surface area contributed by atoms with Crippen LogP contribution in [0.15, 0.2) is 29.4 Å². The topological polar surface area (TPSA) is 77.3 Å². The predicted molar refractivity (Wildman–Crippen MR) is 77.7 cm³/mol. The highest BCUT2D eigenvalue weighted by atomic mass is 35.6. The van der Waals surface area contributed by atoms with Crippen molar-refractivity contribution in [1.29, 1.82) is 0 Å². The van der Waals surface area contributed by atoms with Gasteiger partial charge in [0.25, 0.3) is 0 Å². The number of alkyl halides is 3. The zero-order chi connectivity index (χ0) is 14.2. The van der Waals surface area contributed by atoms with Gasteiger partial charge in [0, 0.05) is 11.5 Å². The van der Waals surface area contributed by atoms with E-state index in [0.29, 0.717) is 10.9 Å². The fourth-order valence-corrected chi connectivity index (χ4v) is 1.59. The first-order valence-electron chi connectivity index (χ1n) is 5.04. The van der Waals surface area contributed by atoms with Gasteiger partial charge >= 0.3 is 0 Å². The first-order valence-corrected chi connectivity index (χ1v) is 6.17. The minimum atomic E-state index is -1.83. The normalized spacial score (nSPS) is 12.9. The van der Waals surface area contributed by atoms with Gasteiger partial charge in [-0.2, -0.15) is 0 Å². The zero-order valence-electron chi connectivity index (χ0n) is 9.37. The van der Waals surface area contributed by atoms with Crippen LogP contribution < -0.4 is 11.5 Å². The first kappa shape index (κ1) is 14.1. The summed E-state index contributed by atoms with van der Waals surface area (Å²) in [7, 11) is 0. The van der Waals surface area contributed by atoms with Crippen molar-refractivity contribution in [1.82, 2.24) is 4.98 Å². The van der Waals surface area contributed by atoms with E-state index < -0.39 is 9.61 Å². The summed E-state index contributed by atoms with van der Waals surface area (Å²) in [6, 6.07) is 4.03. The SMILES string of the molecule is NC(=Nc1cnc2cc(F)ccc2c1N)C(Cl)(Cl)Cl. The van der Waals surface area contributed by atoms with Crippen LogP contribution in [0, 0.1) is 5.82 Å². The lowest BCUT2D eigenvalue weighted by Crippen LogP contribution is -2.27. The van der Waals surface area contributed by atoms with Crippen molar-refractivity contribution < 1.29 is 4.39 Å². The fraction of sp³-hybridized carbons (Fsp3) is 0.0909. The Morgan fingerprint density at radius 3 is 2.63 bits per heavy atom. The molecule has 19 heavy (non-hydrogen) atoms. The number of hydrogen-bond acceptors (Lipinski definition) is 3. The molecule has 0 radical (unpaired) electrons. The number of rotatable bonds is 1. The summed E-state index contributed by atoms with van der Waals surface area (Å²) in [5.41, 5.74) is 12.4. The Bertz CT molecular complexity index is 667. The molecule has 4 N–H and O–H groups in total. The molecule has 1 aromatic heterocycles. The molecule has 0 aliphatic carbocycles. The van der Waals surface area contributed by atoms with Gasteiger partial charge in [0.05, 0.1) is 17.4 Å². The largest absolute Gasteiger partial charge is 0.396 e. The minimum Gasteiger partial charge on any atom is -0.396 e. The quantitative estimate of drug-likeness (QED) is 0.480. The fourth-order valence-electron chi connectivity index (χ4n) is 1.46. The molecule has 0 saturated carbocycles. The lowest BCUT2D eigenvalue weighted by atomic mass is 10.1. The van der Waals surface area contributed by atoms with E-state index in [9.17, 15) is 4.39 Å². The van der Waals surface area contributed by atoms with E-state index in [0.717, 1.165) is 0 Å². The molecule has 4 nitrogen and oxygen atoms in total. The molecule has 0 aliphatic rings. The van der Waals surface area contributed by atoms with Crippen LogP contribution in [-0.4, -0.2) is 14.6 Å². The molecule has 1 aromatic carbocycles. The standard InChI is InChI=1S/C11H8Cl3FN4/c12-11(13,14)10(17)19-8-4-18-7-3-5(15)1-2-6(7)9(8)16/h1-4H,(H2,16,18)(H2,17,19). The van der Waals surface area contributed by atoms with Crippen molar-refractivity contribution in [3.8, 4) is 0 Å². The molecule has 2 rings (SSSR count). The van der Waals surface area contributed by atoms with Crippen LogP contribution in [0.3, 0.4) is 0 Å². The van der Waals surface area contributed by atoms with Crippen molar-refractivity contribution in [2.75, 3.05) is 5.73 Å². The van der Waals surface area contributed by atoms with Crippen molar-refractivity contribution >= 4 is 62.9 Å². The number of nitrogens with two attached hydrogens (primary N) is 2. The number of hydrogen-bond donors (Lipinski definition) is 2. The van der Waals surface area contributed by atoms with Gasteiger partial charge in [-0.3, -0.25) is 4.98 Å². The number of benzene rings is 1. The second kappa shape index (κ2) is 5.00. The molecule has 0 amide bonds. The second-order valence-corrected chi connectivity index (χ2v) is 5.99. The van der Waals surface area contributed by atoms with Crippen LogP contribution >= 0.6 is 34.8 Å². The maximum Gasteiger partial charge on any atom is 0.247 e. The van der Waals surface area contributed by atoms with Crippen LogP contribution in [-0.2, 0) is 0 Å². The summed E-state index contributed by atoms with van der Waals surface area (Å²) in [6.07, 6.45) is 1.33. The Balaban J connectivity index is 2.58. The second-order valence-electron chi connectivity index (χ2n) is 3.71. The summed E-state index contributed by atoms with van der Waals surface area (Å²) in [4.78, 5) is 7.95. The smallest absolute Gasteiger partial charge is 0.247 e. The molecule has 0 unspecified atom stereocenters. The number of pyridine rings is 1. The third kappa shape index (κ3) is 3.00. The Labute approximate surface area is 123 Å². The number of fused-ring (bicyclic) bond motifs is 1. The molecular weight excluding hydrogens is 314 g/mol. The van der Waals surface area contributed by atoms with Gasteiger partial charge in [-0.25, -0.2) is 9.38 Å². The molecule has 100 valence electrons. The van der Waals surface area contributed by atoms with Crippen molar-refractivity contribution in [3.63, 3.8) is 0 Å². The van der Waals surface area contributed by atoms with Gasteiger partial charge < -0.3 is 11.5 Å². The molecule has 2 aromatic rings. The number of aromatic nitrogens is 1. The molecule has 0 saturated heterocycles. The number of anilines is 1. The highest BCUT2D eigenvalue weighted by Crippen LogP contribution is 2.32. The maximum absolute atomic E-state index is 13.1. The lowest BCUT2D eigenvalue weighted by Gasteiger charge is -2.11. The van der Waals surface area contributed by atoms with Gasteiger partial charge in [0.1, 0.15) is 11.5 Å². The average molecular weight is 322 g/mol. The van der Waals surface area contributed by atoms with Crippen LogP contribution in [0.5, 0.6) is 0 Å². The molecule has 0 aliphatic heterocycles. The molecule has 0 atom stereocenters. The highest BCUT2D eigenvalue weighted by Gasteiger charge is 2.25. The Morgan fingerprint density at radius 1 is 1.32 bits per heavy atom. The third-order valence-electron chi connectivity index (χ3n) is 2.38. The van der Waals surface area contributed by atoms with E-state index in [1.54, 1.807) is 0 Å². The summed E-state index contributed by atoms with van der Waals surface area (Å²) < 4.78 is 11.2. The van der Waals surface area contributed by atoms with Crippen molar-refractivity contribution in [2.24, 2.45) is 10.7 Å². The van der Waals surface area contributed by atoms with Gasteiger partial charge in [0.2, 0.25) is 3.79 Å². The number of nitrogen functional groups attached to an aromatic ring is 1. The van der Waals surface area contributed by atoms with Crippen LogP contribution in [0.1, 0.15) is 0 Å². The molecule has 1 heterocycles. The number of nitrogens with zero attached hydrogens (tertiary/aromatic N) is 2. The number of amidine groups is 1. The van der Waals surface area contributed by atoms with Gasteiger partial charge in [0.15, 0.2) is 5.84 Å². The summed E-state index contributed by atoms with van der Waals surface area (Å²) in [6.45, 7) is 0. The van der Waals surface area contributed by atoms with E-state index in [1.165, 1.54) is 24.4 Å². The molecule has 8 heteroatoms. The average Bonchev–Trinajstić information content (AvgIpc) is 2.31. The molecule has 0 spiro atoms. The molecule has 0 bridgehead atoms. The van der Waals surface area contributed by atoms with Crippen LogP contribution in [0.25, 0.3) is 10.9 Å². The number of halogens is 4. The number of aliphatic imine (C=N–C) groups is 1. The van der Waals surface area contributed by atoms with E-state index >= 15 is 0 Å². The van der Waals surface area contributed by atoms with E-state index in [-0.39, 0.29) is 17.2 Å². The monoisotopic (exact) mass is 320 g/mol. The molecular formula is C11H8Cl3FN4. The van der Waals surface area contributed by atoms with E-state index in [1.807, 2.05) is 0 Å². The first-order chi connectivity index (χ1) is 8.79. The highest BCUT2D eigenvalue weighted by molar-refractivity contribution is 6.76.